The first kappa shape index (κ1) is 19.2. The maximum absolute atomic E-state index is 12.4. The van der Waals surface area contributed by atoms with E-state index >= 15 is 0 Å². The zero-order chi connectivity index (χ0) is 18.2. The van der Waals surface area contributed by atoms with E-state index < -0.39 is 0 Å². The second-order valence-corrected chi connectivity index (χ2v) is 7.49. The molecule has 0 saturated carbocycles. The lowest BCUT2D eigenvalue weighted by Crippen LogP contribution is -2.46. The number of fused-ring (bicyclic) bond motifs is 3. The van der Waals surface area contributed by atoms with E-state index in [0.29, 0.717) is 25.6 Å². The molecule has 26 heavy (non-hydrogen) atoms. The first-order chi connectivity index (χ1) is 12.8. The third-order valence-electron chi connectivity index (χ3n) is 5.62. The van der Waals surface area contributed by atoms with Crippen LogP contribution >= 0.6 is 0 Å². The standard InChI is InChI=1S/C21H33N3O2/c22-11-10-21(25)24-13-4-16-26-20-7-3-5-18(17-20)8-9-19-6-1-2-12-23(19)14-15-24/h3,5,7,17,19H,1-2,4,6,8-16,22H2. The normalized spacial score (nSPS) is 22.8. The van der Waals surface area contributed by atoms with Gasteiger partial charge in [0.15, 0.2) is 0 Å². The molecule has 1 saturated heterocycles. The molecular weight excluding hydrogens is 326 g/mol. The SMILES string of the molecule is NCCC(=O)N1CCCOc2cccc(c2)CCC2CCCCN2CC1. The number of carbonyl (C=O) groups is 1. The van der Waals surface area contributed by atoms with Crippen LogP contribution in [0.3, 0.4) is 0 Å². The Hall–Kier alpha value is -1.59. The fraction of sp³-hybridized carbons (Fsp3) is 0.667. The van der Waals surface area contributed by atoms with Crippen LogP contribution in [-0.4, -0.2) is 61.1 Å². The maximum atomic E-state index is 12.4. The highest BCUT2D eigenvalue weighted by Gasteiger charge is 2.23. The first-order valence-corrected chi connectivity index (χ1v) is 10.2. The minimum atomic E-state index is 0.176. The van der Waals surface area contributed by atoms with E-state index in [1.807, 2.05) is 11.0 Å². The molecule has 3 rings (SSSR count). The summed E-state index contributed by atoms with van der Waals surface area (Å²) in [6.07, 6.45) is 7.42. The molecule has 2 heterocycles. The highest BCUT2D eigenvalue weighted by molar-refractivity contribution is 5.76. The van der Waals surface area contributed by atoms with Crippen molar-refractivity contribution in [1.29, 1.82) is 0 Å². The molecule has 1 unspecified atom stereocenters. The van der Waals surface area contributed by atoms with Gasteiger partial charge in [-0.05, 0) is 56.3 Å². The number of nitrogens with two attached hydrogens (primary N) is 1. The molecule has 0 spiro atoms. The smallest absolute Gasteiger partial charge is 0.223 e. The molecule has 1 atom stereocenters. The molecule has 1 aromatic rings. The molecule has 0 aromatic heterocycles. The van der Waals surface area contributed by atoms with E-state index in [-0.39, 0.29) is 5.91 Å². The molecule has 2 aliphatic heterocycles. The van der Waals surface area contributed by atoms with Crippen LogP contribution in [0.2, 0.25) is 0 Å². The summed E-state index contributed by atoms with van der Waals surface area (Å²) in [7, 11) is 0. The molecule has 0 radical (unpaired) electrons. The van der Waals surface area contributed by atoms with Crippen LogP contribution in [0.5, 0.6) is 5.75 Å². The Morgan fingerprint density at radius 2 is 2.04 bits per heavy atom. The van der Waals surface area contributed by atoms with Crippen LogP contribution in [0.4, 0.5) is 0 Å². The Kier molecular flexibility index (Phi) is 7.32. The Bertz CT molecular complexity index is 578. The predicted octanol–water partition coefficient (Wildman–Crippen LogP) is 2.43. The number of aryl methyl sites for hydroxylation is 1. The molecule has 2 bridgehead atoms. The Balaban J connectivity index is 1.72. The lowest BCUT2D eigenvalue weighted by Gasteiger charge is -2.37. The number of piperidine rings is 1. The number of hydrogen-bond donors (Lipinski definition) is 1. The average molecular weight is 360 g/mol. The molecule has 1 amide bonds. The van der Waals surface area contributed by atoms with Crippen molar-refractivity contribution in [2.75, 3.05) is 39.3 Å². The van der Waals surface area contributed by atoms with Gasteiger partial charge in [0.25, 0.3) is 0 Å². The summed E-state index contributed by atoms with van der Waals surface area (Å²) in [5, 5.41) is 0. The van der Waals surface area contributed by atoms with E-state index in [1.165, 1.54) is 31.2 Å². The van der Waals surface area contributed by atoms with Gasteiger partial charge in [0.1, 0.15) is 5.75 Å². The molecule has 2 aliphatic rings. The minimum Gasteiger partial charge on any atom is -0.494 e. The average Bonchev–Trinajstić information content (AvgIpc) is 2.66. The first-order valence-electron chi connectivity index (χ1n) is 10.2. The summed E-state index contributed by atoms with van der Waals surface area (Å²) >= 11 is 0. The Morgan fingerprint density at radius 3 is 2.92 bits per heavy atom. The van der Waals surface area contributed by atoms with Gasteiger partial charge in [-0.1, -0.05) is 18.6 Å². The number of rotatable bonds is 2. The quantitative estimate of drug-likeness (QED) is 0.881. The highest BCUT2D eigenvalue weighted by atomic mass is 16.5. The van der Waals surface area contributed by atoms with Crippen LogP contribution in [0.1, 0.15) is 44.1 Å². The molecule has 5 nitrogen and oxygen atoms in total. The summed E-state index contributed by atoms with van der Waals surface area (Å²) in [4.78, 5) is 17.0. The number of amides is 1. The summed E-state index contributed by atoms with van der Waals surface area (Å²) in [5.41, 5.74) is 6.97. The lowest BCUT2D eigenvalue weighted by molar-refractivity contribution is -0.131. The van der Waals surface area contributed by atoms with E-state index in [1.54, 1.807) is 0 Å². The van der Waals surface area contributed by atoms with E-state index in [9.17, 15) is 4.79 Å². The number of hydrogen-bond acceptors (Lipinski definition) is 4. The van der Waals surface area contributed by atoms with Gasteiger partial charge in [-0.15, -0.1) is 0 Å². The lowest BCUT2D eigenvalue weighted by atomic mass is 9.95. The van der Waals surface area contributed by atoms with Gasteiger partial charge in [-0.25, -0.2) is 0 Å². The maximum Gasteiger partial charge on any atom is 0.223 e. The van der Waals surface area contributed by atoms with E-state index in [0.717, 1.165) is 44.8 Å². The summed E-state index contributed by atoms with van der Waals surface area (Å²) in [5.74, 6) is 1.12. The second kappa shape index (κ2) is 9.93. The third kappa shape index (κ3) is 5.45. The molecule has 2 N–H and O–H groups in total. The van der Waals surface area contributed by atoms with Crippen molar-refractivity contribution in [1.82, 2.24) is 9.80 Å². The van der Waals surface area contributed by atoms with Gasteiger partial charge in [0.2, 0.25) is 5.91 Å². The van der Waals surface area contributed by atoms with Crippen molar-refractivity contribution in [2.45, 2.75) is 51.0 Å². The topological polar surface area (TPSA) is 58.8 Å². The van der Waals surface area contributed by atoms with Crippen molar-refractivity contribution in [3.8, 4) is 5.75 Å². The third-order valence-corrected chi connectivity index (χ3v) is 5.62. The van der Waals surface area contributed by atoms with Crippen molar-refractivity contribution in [3.63, 3.8) is 0 Å². The molecule has 5 heteroatoms. The van der Waals surface area contributed by atoms with Gasteiger partial charge in [0.05, 0.1) is 6.61 Å². The summed E-state index contributed by atoms with van der Waals surface area (Å²) in [6, 6.07) is 9.13. The van der Waals surface area contributed by atoms with E-state index in [2.05, 4.69) is 23.1 Å². The Morgan fingerprint density at radius 1 is 1.12 bits per heavy atom. The zero-order valence-electron chi connectivity index (χ0n) is 15.9. The molecule has 1 aromatic carbocycles. The number of carbonyl (C=O) groups excluding carboxylic acids is 1. The molecule has 1 fully saturated rings. The van der Waals surface area contributed by atoms with Gasteiger partial charge in [-0.3, -0.25) is 9.69 Å². The molecular formula is C21H33N3O2. The van der Waals surface area contributed by atoms with Crippen LogP contribution < -0.4 is 10.5 Å². The van der Waals surface area contributed by atoms with Crippen LogP contribution in [0.25, 0.3) is 0 Å². The van der Waals surface area contributed by atoms with Crippen molar-refractivity contribution < 1.29 is 9.53 Å². The summed E-state index contributed by atoms with van der Waals surface area (Å²) < 4.78 is 5.91. The van der Waals surface area contributed by atoms with Gasteiger partial charge in [-0.2, -0.15) is 0 Å². The highest BCUT2D eigenvalue weighted by Crippen LogP contribution is 2.23. The minimum absolute atomic E-state index is 0.176. The number of ether oxygens (including phenoxy) is 1. The Labute approximate surface area is 157 Å². The zero-order valence-corrected chi connectivity index (χ0v) is 15.9. The second-order valence-electron chi connectivity index (χ2n) is 7.49. The monoisotopic (exact) mass is 359 g/mol. The number of nitrogens with zero attached hydrogens (tertiary/aromatic N) is 2. The molecule has 144 valence electrons. The van der Waals surface area contributed by atoms with Crippen LogP contribution in [0.15, 0.2) is 24.3 Å². The van der Waals surface area contributed by atoms with E-state index in [4.69, 9.17) is 10.5 Å². The van der Waals surface area contributed by atoms with Crippen molar-refractivity contribution in [3.05, 3.63) is 29.8 Å². The van der Waals surface area contributed by atoms with Gasteiger partial charge >= 0.3 is 0 Å². The fourth-order valence-electron chi connectivity index (χ4n) is 4.14. The van der Waals surface area contributed by atoms with Crippen molar-refractivity contribution in [2.24, 2.45) is 5.73 Å². The van der Waals surface area contributed by atoms with Crippen LogP contribution in [-0.2, 0) is 11.2 Å². The van der Waals surface area contributed by atoms with Gasteiger partial charge in [0, 0.05) is 38.6 Å². The predicted molar refractivity (Wildman–Crippen MR) is 104 cm³/mol. The largest absolute Gasteiger partial charge is 0.494 e. The fourth-order valence-corrected chi connectivity index (χ4v) is 4.14. The van der Waals surface area contributed by atoms with Crippen molar-refractivity contribution >= 4 is 5.91 Å². The van der Waals surface area contributed by atoms with Gasteiger partial charge < -0.3 is 15.4 Å². The number of benzene rings is 1. The molecule has 0 aliphatic carbocycles. The summed E-state index contributed by atoms with van der Waals surface area (Å²) in [6.45, 7) is 4.75. The van der Waals surface area contributed by atoms with Crippen LogP contribution in [0, 0.1) is 0 Å².